The number of nitrogens with zero attached hydrogens (tertiary/aromatic N) is 3. The Morgan fingerprint density at radius 1 is 1.14 bits per heavy atom. The molecule has 150 valence electrons. The number of carbonyl (C=O) groups is 2. The van der Waals surface area contributed by atoms with Crippen molar-refractivity contribution >= 4 is 11.8 Å². The van der Waals surface area contributed by atoms with Crippen LogP contribution in [0.25, 0.3) is 5.69 Å². The lowest BCUT2D eigenvalue weighted by atomic mass is 10.1. The van der Waals surface area contributed by atoms with E-state index in [-0.39, 0.29) is 0 Å². The molecule has 1 aromatic heterocycles. The minimum absolute atomic E-state index is 0.323. The molecule has 3 rings (SSSR count). The molecule has 1 saturated heterocycles. The van der Waals surface area contributed by atoms with Gasteiger partial charge in [0.25, 0.3) is 11.8 Å². The summed E-state index contributed by atoms with van der Waals surface area (Å²) in [7, 11) is 0. The van der Waals surface area contributed by atoms with Crippen LogP contribution in [-0.2, 0) is 14.3 Å². The molecule has 1 aromatic carbocycles. The van der Waals surface area contributed by atoms with Crippen LogP contribution in [-0.4, -0.2) is 75.2 Å². The van der Waals surface area contributed by atoms with Crippen molar-refractivity contribution in [2.24, 2.45) is 0 Å². The van der Waals surface area contributed by atoms with E-state index in [0.717, 1.165) is 11.3 Å². The van der Waals surface area contributed by atoms with Gasteiger partial charge in [-0.2, -0.15) is 5.10 Å². The van der Waals surface area contributed by atoms with Crippen molar-refractivity contribution in [3.05, 3.63) is 48.3 Å². The molecule has 1 aliphatic rings. The average Bonchev–Trinajstić information content (AvgIpc) is 3.27. The van der Waals surface area contributed by atoms with Crippen LogP contribution in [0, 0.1) is 0 Å². The van der Waals surface area contributed by atoms with Gasteiger partial charge < -0.3 is 25.2 Å². The fourth-order valence-electron chi connectivity index (χ4n) is 2.97. The maximum atomic E-state index is 12.3. The van der Waals surface area contributed by atoms with E-state index in [4.69, 9.17) is 4.74 Å². The Labute approximate surface area is 162 Å². The predicted molar refractivity (Wildman–Crippen MR) is 99.5 cm³/mol. The molecule has 0 spiro atoms. The second-order valence-electron chi connectivity index (χ2n) is 6.60. The molecular formula is C19H24N4O5. The first kappa shape index (κ1) is 20.0. The van der Waals surface area contributed by atoms with Crippen LogP contribution in [0.4, 0.5) is 0 Å². The highest BCUT2D eigenvalue weighted by molar-refractivity contribution is 5.90. The SMILES string of the molecule is C[C@@H](NC(=O)[C@H](O)[C@@H](O)C(=O)N1CCOCC1)c1ccc(-n2cccn2)cc1. The molecule has 9 heteroatoms. The number of hydrogen-bond acceptors (Lipinski definition) is 6. The third kappa shape index (κ3) is 4.56. The van der Waals surface area contributed by atoms with Gasteiger partial charge in [-0.05, 0) is 30.7 Å². The van der Waals surface area contributed by atoms with E-state index in [1.165, 1.54) is 4.90 Å². The standard InChI is InChI=1S/C19H24N4O5/c1-13(14-3-5-15(6-4-14)23-8-2-7-20-23)21-18(26)16(24)17(25)19(27)22-9-11-28-12-10-22/h2-8,13,16-17,24-25H,9-12H2,1H3,(H,21,26)/t13-,16-,17-/m1/s1. The quantitative estimate of drug-likeness (QED) is 0.622. The topological polar surface area (TPSA) is 117 Å². The van der Waals surface area contributed by atoms with Crippen LogP contribution in [0.1, 0.15) is 18.5 Å². The van der Waals surface area contributed by atoms with Gasteiger partial charge in [-0.25, -0.2) is 4.68 Å². The first-order valence-electron chi connectivity index (χ1n) is 9.10. The highest BCUT2D eigenvalue weighted by Crippen LogP contribution is 2.16. The third-order valence-electron chi connectivity index (χ3n) is 4.66. The number of aliphatic hydroxyl groups excluding tert-OH is 2. The molecule has 0 aliphatic carbocycles. The van der Waals surface area contributed by atoms with Gasteiger partial charge in [-0.15, -0.1) is 0 Å². The zero-order chi connectivity index (χ0) is 20.1. The molecule has 1 fully saturated rings. The molecule has 2 heterocycles. The van der Waals surface area contributed by atoms with Crippen LogP contribution in [0.15, 0.2) is 42.7 Å². The van der Waals surface area contributed by atoms with E-state index in [9.17, 15) is 19.8 Å². The summed E-state index contributed by atoms with van der Waals surface area (Å²) < 4.78 is 6.86. The molecule has 28 heavy (non-hydrogen) atoms. The molecule has 0 unspecified atom stereocenters. The number of aliphatic hydroxyl groups is 2. The van der Waals surface area contributed by atoms with E-state index >= 15 is 0 Å². The highest BCUT2D eigenvalue weighted by atomic mass is 16.5. The van der Waals surface area contributed by atoms with E-state index in [2.05, 4.69) is 10.4 Å². The first-order valence-corrected chi connectivity index (χ1v) is 9.10. The van der Waals surface area contributed by atoms with Gasteiger partial charge in [0, 0.05) is 25.5 Å². The Bertz CT molecular complexity index is 787. The minimum Gasteiger partial charge on any atom is -0.380 e. The van der Waals surface area contributed by atoms with E-state index < -0.39 is 30.1 Å². The third-order valence-corrected chi connectivity index (χ3v) is 4.66. The average molecular weight is 388 g/mol. The molecule has 9 nitrogen and oxygen atoms in total. The van der Waals surface area contributed by atoms with E-state index in [1.54, 1.807) is 17.8 Å². The molecule has 3 atom stereocenters. The summed E-state index contributed by atoms with van der Waals surface area (Å²) in [5.74, 6) is -1.49. The molecule has 0 saturated carbocycles. The number of benzene rings is 1. The van der Waals surface area contributed by atoms with Crippen molar-refractivity contribution in [2.75, 3.05) is 26.3 Å². The van der Waals surface area contributed by atoms with E-state index in [1.807, 2.05) is 36.5 Å². The summed E-state index contributed by atoms with van der Waals surface area (Å²) in [5, 5.41) is 27.0. The normalized spacial score (nSPS) is 17.6. The summed E-state index contributed by atoms with van der Waals surface area (Å²) in [6.07, 6.45) is -0.154. The lowest BCUT2D eigenvalue weighted by Gasteiger charge is -2.30. The van der Waals surface area contributed by atoms with Crippen molar-refractivity contribution in [2.45, 2.75) is 25.2 Å². The Hall–Kier alpha value is -2.75. The fourth-order valence-corrected chi connectivity index (χ4v) is 2.97. The van der Waals surface area contributed by atoms with Gasteiger partial charge in [-0.3, -0.25) is 9.59 Å². The lowest BCUT2D eigenvalue weighted by Crippen LogP contribution is -2.53. The minimum atomic E-state index is -1.85. The molecular weight excluding hydrogens is 364 g/mol. The zero-order valence-electron chi connectivity index (χ0n) is 15.6. The Morgan fingerprint density at radius 2 is 1.82 bits per heavy atom. The second-order valence-corrected chi connectivity index (χ2v) is 6.60. The molecule has 0 radical (unpaired) electrons. The van der Waals surface area contributed by atoms with Crippen LogP contribution in [0.3, 0.4) is 0 Å². The second kappa shape index (κ2) is 8.96. The Kier molecular flexibility index (Phi) is 6.40. The number of carbonyl (C=O) groups excluding carboxylic acids is 2. The van der Waals surface area contributed by atoms with Crippen LogP contribution in [0.2, 0.25) is 0 Å². The molecule has 2 aromatic rings. The zero-order valence-corrected chi connectivity index (χ0v) is 15.6. The monoisotopic (exact) mass is 388 g/mol. The van der Waals surface area contributed by atoms with Gasteiger partial charge in [-0.1, -0.05) is 12.1 Å². The molecule has 2 amide bonds. The summed E-state index contributed by atoms with van der Waals surface area (Å²) in [6, 6.07) is 8.80. The molecule has 0 bridgehead atoms. The lowest BCUT2D eigenvalue weighted by molar-refractivity contribution is -0.156. The van der Waals surface area contributed by atoms with Crippen molar-refractivity contribution < 1.29 is 24.5 Å². The van der Waals surface area contributed by atoms with Crippen molar-refractivity contribution in [3.8, 4) is 5.69 Å². The Morgan fingerprint density at radius 3 is 2.43 bits per heavy atom. The molecule has 3 N–H and O–H groups in total. The number of rotatable bonds is 6. The largest absolute Gasteiger partial charge is 0.380 e. The number of aromatic nitrogens is 2. The smallest absolute Gasteiger partial charge is 0.254 e. The van der Waals surface area contributed by atoms with Crippen molar-refractivity contribution in [3.63, 3.8) is 0 Å². The van der Waals surface area contributed by atoms with Gasteiger partial charge >= 0.3 is 0 Å². The summed E-state index contributed by atoms with van der Waals surface area (Å²) in [4.78, 5) is 25.9. The van der Waals surface area contributed by atoms with Gasteiger partial charge in [0.05, 0.1) is 24.9 Å². The van der Waals surface area contributed by atoms with Crippen LogP contribution < -0.4 is 5.32 Å². The maximum Gasteiger partial charge on any atom is 0.254 e. The predicted octanol–water partition coefficient (Wildman–Crippen LogP) is -0.370. The van der Waals surface area contributed by atoms with E-state index in [0.29, 0.717) is 26.3 Å². The highest BCUT2D eigenvalue weighted by Gasteiger charge is 2.34. The van der Waals surface area contributed by atoms with Crippen molar-refractivity contribution in [1.29, 1.82) is 0 Å². The summed E-state index contributed by atoms with van der Waals surface area (Å²) in [5.41, 5.74) is 1.68. The van der Waals surface area contributed by atoms with Crippen molar-refractivity contribution in [1.82, 2.24) is 20.0 Å². The molecule has 1 aliphatic heterocycles. The summed E-state index contributed by atoms with van der Waals surface area (Å²) in [6.45, 7) is 3.13. The number of nitrogens with one attached hydrogen (secondary N) is 1. The number of ether oxygens (including phenoxy) is 1. The first-order chi connectivity index (χ1) is 13.5. The van der Waals surface area contributed by atoms with Gasteiger partial charge in [0.2, 0.25) is 0 Å². The summed E-state index contributed by atoms with van der Waals surface area (Å²) >= 11 is 0. The maximum absolute atomic E-state index is 12.3. The number of morpholine rings is 1. The van der Waals surface area contributed by atoms with Crippen LogP contribution in [0.5, 0.6) is 0 Å². The number of amides is 2. The van der Waals surface area contributed by atoms with Gasteiger partial charge in [0.15, 0.2) is 12.2 Å². The number of hydrogen-bond donors (Lipinski definition) is 3. The Balaban J connectivity index is 1.57. The van der Waals surface area contributed by atoms with Gasteiger partial charge in [0.1, 0.15) is 0 Å². The van der Waals surface area contributed by atoms with Crippen LogP contribution >= 0.6 is 0 Å². The fraction of sp³-hybridized carbons (Fsp3) is 0.421.